The fourth-order valence-corrected chi connectivity index (χ4v) is 1.71. The van der Waals surface area contributed by atoms with Crippen LogP contribution < -0.4 is 0 Å². The molecule has 0 atom stereocenters. The second-order valence-electron chi connectivity index (χ2n) is 2.84. The van der Waals surface area contributed by atoms with Gasteiger partial charge in [-0.25, -0.2) is 0 Å². The van der Waals surface area contributed by atoms with E-state index in [9.17, 15) is 18.0 Å². The molecule has 0 aliphatic heterocycles. The van der Waals surface area contributed by atoms with Gasteiger partial charge in [-0.15, -0.1) is 11.6 Å². The van der Waals surface area contributed by atoms with E-state index in [1.165, 1.54) is 0 Å². The molecule has 1 aromatic carbocycles. The Hall–Kier alpha value is -0.450. The third kappa shape index (κ3) is 2.62. The molecule has 0 unspecified atom stereocenters. The minimum absolute atomic E-state index is 0.264. The Morgan fingerprint density at radius 3 is 2.25 bits per heavy atom. The highest BCUT2D eigenvalue weighted by molar-refractivity contribution is 6.43. The van der Waals surface area contributed by atoms with Crippen LogP contribution in [0.15, 0.2) is 12.1 Å². The predicted octanol–water partition coefficient (Wildman–Crippen LogP) is 4.43. The molecule has 1 rings (SSSR count). The fourth-order valence-electron chi connectivity index (χ4n) is 1.13. The highest BCUT2D eigenvalue weighted by atomic mass is 35.5. The number of benzene rings is 1. The largest absolute Gasteiger partial charge is 0.418 e. The summed E-state index contributed by atoms with van der Waals surface area (Å²) in [4.78, 5) is 11.2. The maximum atomic E-state index is 12.6. The van der Waals surface area contributed by atoms with Gasteiger partial charge in [-0.2, -0.15) is 13.2 Å². The maximum Gasteiger partial charge on any atom is 0.418 e. The predicted molar refractivity (Wildman–Crippen MR) is 56.5 cm³/mol. The van der Waals surface area contributed by atoms with E-state index in [-0.39, 0.29) is 5.02 Å². The molecular weight excluding hydrogens is 287 g/mol. The van der Waals surface area contributed by atoms with E-state index >= 15 is 0 Å². The average molecular weight is 291 g/mol. The summed E-state index contributed by atoms with van der Waals surface area (Å²) >= 11 is 16.1. The molecular formula is C9H4Cl3F3O. The summed E-state index contributed by atoms with van der Waals surface area (Å²) in [5, 5.41) is -0.953. The van der Waals surface area contributed by atoms with Crippen LogP contribution in [0.1, 0.15) is 15.9 Å². The van der Waals surface area contributed by atoms with Gasteiger partial charge >= 0.3 is 6.18 Å². The molecule has 0 N–H and O–H groups in total. The first-order valence-corrected chi connectivity index (χ1v) is 5.22. The molecule has 0 saturated carbocycles. The molecule has 0 heterocycles. The normalized spacial score (nSPS) is 11.6. The number of rotatable bonds is 2. The Bertz CT molecular complexity index is 429. The number of ketones is 1. The summed E-state index contributed by atoms with van der Waals surface area (Å²) in [5.74, 6) is -1.41. The van der Waals surface area contributed by atoms with Crippen LogP contribution in [0.25, 0.3) is 0 Å². The summed E-state index contributed by atoms with van der Waals surface area (Å²) in [6.07, 6.45) is -4.75. The van der Waals surface area contributed by atoms with Gasteiger partial charge in [0.05, 0.1) is 21.5 Å². The van der Waals surface area contributed by atoms with Gasteiger partial charge in [0.15, 0.2) is 5.78 Å². The molecule has 0 aliphatic carbocycles. The Morgan fingerprint density at radius 1 is 1.25 bits per heavy atom. The Labute approximate surface area is 104 Å². The van der Waals surface area contributed by atoms with Crippen LogP contribution in [0.3, 0.4) is 0 Å². The molecule has 0 bridgehead atoms. The van der Waals surface area contributed by atoms with Crippen LogP contribution in [0.5, 0.6) is 0 Å². The fraction of sp³-hybridized carbons (Fsp3) is 0.222. The standard InChI is InChI=1S/C9H4Cl3F3O/c10-3-6(16)4-1-2-5(11)8(12)7(4)9(13,14)15/h1-2H,3H2. The first kappa shape index (κ1) is 13.6. The molecule has 0 aromatic heterocycles. The molecule has 0 spiro atoms. The molecule has 1 nitrogen and oxygen atoms in total. The van der Waals surface area contributed by atoms with E-state index in [0.29, 0.717) is 0 Å². The summed E-state index contributed by atoms with van der Waals surface area (Å²) in [6, 6.07) is 2.08. The molecule has 0 radical (unpaired) electrons. The molecule has 88 valence electrons. The summed E-state index contributed by atoms with van der Waals surface area (Å²) in [5.41, 5.74) is -1.82. The van der Waals surface area contributed by atoms with Crippen molar-refractivity contribution >= 4 is 40.6 Å². The van der Waals surface area contributed by atoms with Crippen LogP contribution >= 0.6 is 34.8 Å². The van der Waals surface area contributed by atoms with Gasteiger partial charge in [-0.3, -0.25) is 4.79 Å². The van der Waals surface area contributed by atoms with Crippen molar-refractivity contribution in [3.05, 3.63) is 33.3 Å². The third-order valence-electron chi connectivity index (χ3n) is 1.80. The van der Waals surface area contributed by atoms with Crippen LogP contribution in [0.2, 0.25) is 10.0 Å². The second-order valence-corrected chi connectivity index (χ2v) is 3.89. The van der Waals surface area contributed by atoms with Crippen LogP contribution in [0, 0.1) is 0 Å². The van der Waals surface area contributed by atoms with Crippen LogP contribution in [-0.4, -0.2) is 11.7 Å². The molecule has 0 aliphatic rings. The van der Waals surface area contributed by atoms with Crippen molar-refractivity contribution in [1.29, 1.82) is 0 Å². The summed E-state index contributed by atoms with van der Waals surface area (Å²) in [6.45, 7) is 0. The number of carbonyl (C=O) groups is 1. The van der Waals surface area contributed by atoms with Gasteiger partial charge in [0.25, 0.3) is 0 Å². The third-order valence-corrected chi connectivity index (χ3v) is 2.85. The van der Waals surface area contributed by atoms with E-state index in [4.69, 9.17) is 34.8 Å². The van der Waals surface area contributed by atoms with Gasteiger partial charge in [-0.1, -0.05) is 23.2 Å². The lowest BCUT2D eigenvalue weighted by atomic mass is 10.0. The first-order valence-electron chi connectivity index (χ1n) is 3.93. The Balaban J connectivity index is 3.52. The van der Waals surface area contributed by atoms with Crippen molar-refractivity contribution in [2.45, 2.75) is 6.18 Å². The van der Waals surface area contributed by atoms with E-state index in [1.54, 1.807) is 0 Å². The number of hydrogen-bond donors (Lipinski definition) is 0. The lowest BCUT2D eigenvalue weighted by molar-refractivity contribution is -0.137. The van der Waals surface area contributed by atoms with Crippen molar-refractivity contribution < 1.29 is 18.0 Å². The Kier molecular flexibility index (Phi) is 4.10. The van der Waals surface area contributed by atoms with Gasteiger partial charge in [0.2, 0.25) is 0 Å². The first-order chi connectivity index (χ1) is 7.29. The van der Waals surface area contributed by atoms with Crippen molar-refractivity contribution in [2.75, 3.05) is 5.88 Å². The van der Waals surface area contributed by atoms with Gasteiger partial charge < -0.3 is 0 Å². The van der Waals surface area contributed by atoms with Gasteiger partial charge in [0.1, 0.15) is 0 Å². The minimum Gasteiger partial charge on any atom is -0.293 e. The van der Waals surface area contributed by atoms with E-state index in [1.807, 2.05) is 0 Å². The minimum atomic E-state index is -4.75. The van der Waals surface area contributed by atoms with Crippen molar-refractivity contribution in [1.82, 2.24) is 0 Å². The number of Topliss-reactive ketones (excluding diaryl/α,β-unsaturated/α-hetero) is 1. The molecule has 16 heavy (non-hydrogen) atoms. The lowest BCUT2D eigenvalue weighted by Crippen LogP contribution is -2.15. The zero-order chi connectivity index (χ0) is 12.5. The molecule has 0 amide bonds. The second kappa shape index (κ2) is 4.82. The van der Waals surface area contributed by atoms with E-state index in [0.717, 1.165) is 12.1 Å². The monoisotopic (exact) mass is 290 g/mol. The average Bonchev–Trinajstić information content (AvgIpc) is 2.18. The molecule has 1 aromatic rings. The number of alkyl halides is 4. The van der Waals surface area contributed by atoms with Gasteiger partial charge in [0, 0.05) is 5.56 Å². The maximum absolute atomic E-state index is 12.6. The van der Waals surface area contributed by atoms with E-state index < -0.39 is 34.0 Å². The topological polar surface area (TPSA) is 17.1 Å². The SMILES string of the molecule is O=C(CCl)c1ccc(Cl)c(Cl)c1C(F)(F)F. The zero-order valence-electron chi connectivity index (χ0n) is 7.54. The smallest absolute Gasteiger partial charge is 0.293 e. The number of carbonyl (C=O) groups excluding carboxylic acids is 1. The number of hydrogen-bond acceptors (Lipinski definition) is 1. The molecule has 7 heteroatoms. The molecule has 0 saturated heterocycles. The highest BCUT2D eigenvalue weighted by Crippen LogP contribution is 2.40. The van der Waals surface area contributed by atoms with Gasteiger partial charge in [-0.05, 0) is 12.1 Å². The number of halogens is 6. The zero-order valence-corrected chi connectivity index (χ0v) is 9.81. The Morgan fingerprint density at radius 2 is 1.81 bits per heavy atom. The van der Waals surface area contributed by atoms with Crippen molar-refractivity contribution in [2.24, 2.45) is 0 Å². The quantitative estimate of drug-likeness (QED) is 0.582. The lowest BCUT2D eigenvalue weighted by Gasteiger charge is -2.13. The van der Waals surface area contributed by atoms with E-state index in [2.05, 4.69) is 0 Å². The molecule has 0 fully saturated rings. The summed E-state index contributed by atoms with van der Waals surface area (Å²) < 4.78 is 37.9. The van der Waals surface area contributed by atoms with Crippen LogP contribution in [0.4, 0.5) is 13.2 Å². The van der Waals surface area contributed by atoms with Crippen molar-refractivity contribution in [3.8, 4) is 0 Å². The van der Waals surface area contributed by atoms with Crippen molar-refractivity contribution in [3.63, 3.8) is 0 Å². The van der Waals surface area contributed by atoms with Crippen LogP contribution in [-0.2, 0) is 6.18 Å². The highest BCUT2D eigenvalue weighted by Gasteiger charge is 2.38. The summed E-state index contributed by atoms with van der Waals surface area (Å²) in [7, 11) is 0.